The minimum Gasteiger partial charge on any atom is -0.507 e. The molecule has 0 aliphatic carbocycles. The molecule has 0 heterocycles. The van der Waals surface area contributed by atoms with Crippen LogP contribution in [0.1, 0.15) is 17.3 Å². The van der Waals surface area contributed by atoms with Gasteiger partial charge in [0.25, 0.3) is 11.8 Å². The van der Waals surface area contributed by atoms with Crippen LogP contribution in [0.3, 0.4) is 0 Å². The van der Waals surface area contributed by atoms with Crippen LogP contribution in [0.5, 0.6) is 23.0 Å². The number of nitrogens with two attached hydrogens (primary N) is 2. The fraction of sp³-hybridized carbons (Fsp3) is 0.333. The first-order valence-corrected chi connectivity index (χ1v) is 9.55. The minimum atomic E-state index is -0.761. The maximum absolute atomic E-state index is 11.3. The molecule has 0 aromatic heterocycles. The summed E-state index contributed by atoms with van der Waals surface area (Å²) in [5.41, 5.74) is 10.2. The molecule has 0 saturated carbocycles. The lowest BCUT2D eigenvalue weighted by Gasteiger charge is -2.18. The molecule has 2 rings (SSSR count). The number of nitrogens with one attached hydrogen (secondary N) is 1. The third-order valence-electron chi connectivity index (χ3n) is 4.08. The highest BCUT2D eigenvalue weighted by Crippen LogP contribution is 2.22. The van der Waals surface area contributed by atoms with Crippen molar-refractivity contribution in [2.75, 3.05) is 26.4 Å². The Morgan fingerprint density at radius 2 is 1.55 bits per heavy atom. The first-order valence-electron chi connectivity index (χ1n) is 9.55. The van der Waals surface area contributed by atoms with Crippen LogP contribution in [-0.2, 0) is 4.79 Å². The van der Waals surface area contributed by atoms with Gasteiger partial charge in [-0.25, -0.2) is 0 Å². The van der Waals surface area contributed by atoms with Gasteiger partial charge in [-0.2, -0.15) is 0 Å². The molecule has 0 saturated heterocycles. The lowest BCUT2D eigenvalue weighted by Crippen LogP contribution is -2.39. The van der Waals surface area contributed by atoms with Crippen molar-refractivity contribution in [3.63, 3.8) is 0 Å². The van der Waals surface area contributed by atoms with Crippen molar-refractivity contribution in [3.05, 3.63) is 48.0 Å². The van der Waals surface area contributed by atoms with Gasteiger partial charge in [0, 0.05) is 12.6 Å². The summed E-state index contributed by atoms with van der Waals surface area (Å²) < 4.78 is 16.3. The zero-order valence-electron chi connectivity index (χ0n) is 17.1. The Bertz CT molecular complexity index is 874. The molecule has 31 heavy (non-hydrogen) atoms. The van der Waals surface area contributed by atoms with Crippen molar-refractivity contribution < 1.29 is 34.0 Å². The Balaban J connectivity index is 1.69. The quantitative estimate of drug-likeness (QED) is 0.298. The number of hydrogen-bond acceptors (Lipinski definition) is 8. The van der Waals surface area contributed by atoms with E-state index < -0.39 is 17.9 Å². The lowest BCUT2D eigenvalue weighted by atomic mass is 10.2. The third-order valence-corrected chi connectivity index (χ3v) is 4.08. The first-order chi connectivity index (χ1) is 14.7. The Labute approximate surface area is 179 Å². The van der Waals surface area contributed by atoms with E-state index in [9.17, 15) is 19.8 Å². The summed E-state index contributed by atoms with van der Waals surface area (Å²) in [5, 5.41) is 22.8. The molecule has 7 N–H and O–H groups in total. The summed E-state index contributed by atoms with van der Waals surface area (Å²) in [6.45, 7) is 2.27. The van der Waals surface area contributed by atoms with Gasteiger partial charge in [0.15, 0.2) is 6.61 Å². The Hall–Kier alpha value is -3.50. The Morgan fingerprint density at radius 3 is 2.16 bits per heavy atom. The maximum atomic E-state index is 11.3. The molecule has 0 aliphatic heterocycles. The number of ether oxygens (including phenoxy) is 3. The third kappa shape index (κ3) is 8.41. The molecule has 2 unspecified atom stereocenters. The monoisotopic (exact) mass is 433 g/mol. The number of aliphatic hydroxyl groups excluding tert-OH is 1. The Kier molecular flexibility index (Phi) is 8.92. The van der Waals surface area contributed by atoms with E-state index in [0.29, 0.717) is 17.2 Å². The largest absolute Gasteiger partial charge is 0.507 e. The normalized spacial score (nSPS) is 12.6. The second-order valence-electron chi connectivity index (χ2n) is 6.85. The summed E-state index contributed by atoms with van der Waals surface area (Å²) in [6, 6.07) is 10.7. The molecule has 10 nitrogen and oxygen atoms in total. The fourth-order valence-corrected chi connectivity index (χ4v) is 2.46. The minimum absolute atomic E-state index is 0.0156. The van der Waals surface area contributed by atoms with Gasteiger partial charge in [-0.1, -0.05) is 0 Å². The number of carbonyl (C=O) groups excluding carboxylic acids is 2. The van der Waals surface area contributed by atoms with Crippen LogP contribution in [0.2, 0.25) is 0 Å². The van der Waals surface area contributed by atoms with Gasteiger partial charge >= 0.3 is 0 Å². The molecule has 0 fully saturated rings. The van der Waals surface area contributed by atoms with E-state index in [-0.39, 0.29) is 43.7 Å². The molecule has 168 valence electrons. The molecule has 0 bridgehead atoms. The topological polar surface area (TPSA) is 166 Å². The van der Waals surface area contributed by atoms with Gasteiger partial charge in [-0.05, 0) is 49.4 Å². The van der Waals surface area contributed by atoms with Crippen LogP contribution >= 0.6 is 0 Å². The lowest BCUT2D eigenvalue weighted by molar-refractivity contribution is -0.119. The number of primary amides is 2. The molecule has 2 aromatic rings. The highest BCUT2D eigenvalue weighted by Gasteiger charge is 2.12. The smallest absolute Gasteiger partial charge is 0.255 e. The number of rotatable bonds is 13. The summed E-state index contributed by atoms with van der Waals surface area (Å²) in [4.78, 5) is 22.0. The summed E-state index contributed by atoms with van der Waals surface area (Å²) >= 11 is 0. The van der Waals surface area contributed by atoms with Crippen LogP contribution in [0.25, 0.3) is 0 Å². The van der Waals surface area contributed by atoms with E-state index in [1.54, 1.807) is 24.3 Å². The fourth-order valence-electron chi connectivity index (χ4n) is 2.46. The van der Waals surface area contributed by atoms with Crippen LogP contribution in [0.15, 0.2) is 42.5 Å². The second kappa shape index (κ2) is 11.6. The van der Waals surface area contributed by atoms with Crippen LogP contribution in [0, 0.1) is 0 Å². The molecule has 0 radical (unpaired) electrons. The van der Waals surface area contributed by atoms with Gasteiger partial charge in [0.1, 0.15) is 42.3 Å². The van der Waals surface area contributed by atoms with E-state index in [0.717, 1.165) is 0 Å². The van der Waals surface area contributed by atoms with Gasteiger partial charge in [-0.15, -0.1) is 0 Å². The second-order valence-corrected chi connectivity index (χ2v) is 6.85. The van der Waals surface area contributed by atoms with Crippen molar-refractivity contribution in [1.82, 2.24) is 5.32 Å². The summed E-state index contributed by atoms with van der Waals surface area (Å²) in [6.07, 6.45) is -0.761. The molecular weight excluding hydrogens is 406 g/mol. The predicted molar refractivity (Wildman–Crippen MR) is 112 cm³/mol. The van der Waals surface area contributed by atoms with Crippen LogP contribution in [0.4, 0.5) is 0 Å². The molecule has 2 amide bonds. The number of amides is 2. The van der Waals surface area contributed by atoms with Crippen LogP contribution < -0.4 is 31.0 Å². The van der Waals surface area contributed by atoms with E-state index in [1.165, 1.54) is 18.2 Å². The van der Waals surface area contributed by atoms with Crippen molar-refractivity contribution in [1.29, 1.82) is 0 Å². The van der Waals surface area contributed by atoms with E-state index in [1.807, 2.05) is 6.92 Å². The first kappa shape index (κ1) is 23.8. The standard InChI is InChI=1S/C21H27N3O7/c1-13(10-29-17-6-7-19(26)18(8-17)21(23)28)24-9-14(25)11-30-15-2-4-16(5-3-15)31-12-20(22)27/h2-8,13-14,24-26H,9-12H2,1H3,(H2,22,27)(H2,23,28). The zero-order valence-corrected chi connectivity index (χ0v) is 17.1. The number of hydrogen-bond donors (Lipinski definition) is 5. The van der Waals surface area contributed by atoms with Gasteiger partial charge in [-0.3, -0.25) is 9.59 Å². The molecule has 2 aromatic carbocycles. The van der Waals surface area contributed by atoms with Gasteiger partial charge in [0.05, 0.1) is 5.56 Å². The Morgan fingerprint density at radius 1 is 0.968 bits per heavy atom. The van der Waals surface area contributed by atoms with E-state index in [2.05, 4.69) is 5.32 Å². The van der Waals surface area contributed by atoms with E-state index >= 15 is 0 Å². The van der Waals surface area contributed by atoms with Crippen molar-refractivity contribution in [3.8, 4) is 23.0 Å². The van der Waals surface area contributed by atoms with E-state index in [4.69, 9.17) is 25.7 Å². The zero-order chi connectivity index (χ0) is 22.8. The maximum Gasteiger partial charge on any atom is 0.255 e. The van der Waals surface area contributed by atoms with Crippen molar-refractivity contribution in [2.24, 2.45) is 11.5 Å². The highest BCUT2D eigenvalue weighted by atomic mass is 16.5. The number of carbonyl (C=O) groups is 2. The molecule has 10 heteroatoms. The van der Waals surface area contributed by atoms with Gasteiger partial charge in [0.2, 0.25) is 0 Å². The number of aliphatic hydroxyl groups is 1. The predicted octanol–water partition coefficient (Wildman–Crippen LogP) is 0.152. The van der Waals surface area contributed by atoms with Crippen molar-refractivity contribution in [2.45, 2.75) is 19.1 Å². The average Bonchev–Trinajstić information content (AvgIpc) is 2.74. The van der Waals surface area contributed by atoms with Crippen molar-refractivity contribution >= 4 is 11.8 Å². The molecule has 0 spiro atoms. The number of aromatic hydroxyl groups is 1. The molecule has 2 atom stereocenters. The number of phenols is 1. The summed E-state index contributed by atoms with van der Waals surface area (Å²) in [7, 11) is 0. The number of benzene rings is 2. The van der Waals surface area contributed by atoms with Crippen LogP contribution in [-0.4, -0.2) is 60.5 Å². The molecule has 0 aliphatic rings. The SMILES string of the molecule is CC(COc1ccc(O)c(C(N)=O)c1)NCC(O)COc1ccc(OCC(N)=O)cc1. The van der Waals surface area contributed by atoms with Gasteiger partial charge < -0.3 is 41.2 Å². The molecular formula is C21H27N3O7. The highest BCUT2D eigenvalue weighted by molar-refractivity contribution is 5.95. The average molecular weight is 433 g/mol. The summed E-state index contributed by atoms with van der Waals surface area (Å²) in [5.74, 6) is -0.0910.